The predicted molar refractivity (Wildman–Crippen MR) is 331 cm³/mol. The van der Waals surface area contributed by atoms with Crippen LogP contribution in [-0.2, 0) is 21.7 Å². The molecule has 4 aliphatic rings. The number of benzene rings is 8. The van der Waals surface area contributed by atoms with Crippen LogP contribution in [0.3, 0.4) is 0 Å². The van der Waals surface area contributed by atoms with Gasteiger partial charge in [-0.25, -0.2) is 8.42 Å². The third kappa shape index (κ3) is 11.3. The Balaban J connectivity index is 0.000000147. The average Bonchev–Trinajstić information content (AvgIpc) is 4.05. The van der Waals surface area contributed by atoms with Gasteiger partial charge in [-0.15, -0.1) is 0 Å². The van der Waals surface area contributed by atoms with Crippen LogP contribution in [0.1, 0.15) is 48.6 Å². The molecule has 0 atom stereocenters. The van der Waals surface area contributed by atoms with Crippen molar-refractivity contribution in [1.82, 2.24) is 0 Å². The molecule has 0 N–H and O–H groups in total. The van der Waals surface area contributed by atoms with Gasteiger partial charge in [-0.05, 0) is 107 Å². The number of nitrogens with zero attached hydrogens (tertiary/aromatic N) is 1. The van der Waals surface area contributed by atoms with Crippen molar-refractivity contribution in [2.24, 2.45) is 0 Å². The second-order valence-electron chi connectivity index (χ2n) is 20.5. The van der Waals surface area contributed by atoms with Crippen molar-refractivity contribution in [3.8, 4) is 45.3 Å². The minimum Gasteiger partial charge on any atom is -0.668 e. The number of hydrogen-bond acceptors (Lipinski definition) is 6. The molecular weight excluding hydrogens is 1300 g/mol. The summed E-state index contributed by atoms with van der Waals surface area (Å²) in [6, 6.07) is 56.2. The van der Waals surface area contributed by atoms with Gasteiger partial charge in [0.1, 0.15) is 28.1 Å². The van der Waals surface area contributed by atoms with Crippen molar-refractivity contribution < 1.29 is 78.1 Å². The SMILES string of the molecule is Brc1ccc2c(c1)C1(c3ccccc3Oc3c1oc1ccccc31)c1cc(Br)ccc1-2.C.C.C[Si](C)(C)[N-][Si](C)(C)C.O=S1(=O)c2cc(Br)ccc2-c2ccc(Br)cc21.[K+].c1ccc2c(c1)Cc1oc3ccccc3c1O2. The van der Waals surface area contributed by atoms with Gasteiger partial charge in [-0.3, -0.25) is 0 Å². The van der Waals surface area contributed by atoms with Crippen molar-refractivity contribution in [2.75, 3.05) is 0 Å². The van der Waals surface area contributed by atoms with Crippen LogP contribution in [0.2, 0.25) is 39.3 Å². The van der Waals surface area contributed by atoms with E-state index in [1.54, 1.807) is 12.1 Å². The number of furan rings is 2. The molecule has 0 bridgehead atoms. The molecule has 14 rings (SSSR count). The van der Waals surface area contributed by atoms with E-state index in [0.29, 0.717) is 9.79 Å². The second-order valence-corrected chi connectivity index (χ2v) is 35.6. The van der Waals surface area contributed by atoms with Crippen molar-refractivity contribution in [3.05, 3.63) is 226 Å². The second kappa shape index (κ2) is 23.1. The van der Waals surface area contributed by atoms with Crippen molar-refractivity contribution in [1.29, 1.82) is 0 Å². The van der Waals surface area contributed by atoms with Crippen LogP contribution in [0, 0.1) is 0 Å². The molecule has 0 fully saturated rings. The van der Waals surface area contributed by atoms with E-state index in [1.807, 2.05) is 91.0 Å². The van der Waals surface area contributed by atoms with Gasteiger partial charge in [0.05, 0.1) is 20.6 Å². The molecule has 2 aromatic heterocycles. The molecule has 10 aromatic rings. The Morgan fingerprint density at radius 2 is 0.909 bits per heavy atom. The summed E-state index contributed by atoms with van der Waals surface area (Å²) < 4.78 is 58.0. The molecule has 0 amide bonds. The molecule has 7 nitrogen and oxygen atoms in total. The first-order valence-electron chi connectivity index (χ1n) is 24.0. The summed E-state index contributed by atoms with van der Waals surface area (Å²) in [7, 11) is -5.58. The first kappa shape index (κ1) is 59.5. The molecule has 77 heavy (non-hydrogen) atoms. The predicted octanol–water partition coefficient (Wildman–Crippen LogP) is 17.9. The monoisotopic (exact) mass is 1350 g/mol. The topological polar surface area (TPSA) is 93.0 Å². The van der Waals surface area contributed by atoms with Crippen LogP contribution in [0.15, 0.2) is 206 Å². The Hall–Kier alpha value is -3.66. The normalized spacial score (nSPS) is 13.8. The van der Waals surface area contributed by atoms with Crippen LogP contribution in [0.25, 0.3) is 48.8 Å². The smallest absolute Gasteiger partial charge is 0.668 e. The maximum Gasteiger partial charge on any atom is 1.00 e. The number of ether oxygens (including phenoxy) is 2. The standard InChI is InChI=1S/C27H14Br2O2.C15H10O2.C12H6Br2O2S.C6H18NSi2.2CH4.K/c28-15-9-11-17-18-12-10-16(29)14-22(18)27(21(17)13-15)20-6-2-4-8-24(20)30-25-19-5-1-3-7-23(19)31-26(25)27;1-3-7-12-10(5-1)9-14-15(17-12)11-6-2-4-8-13(11)16-14;13-7-1-3-9-10-4-2-8(14)6-12(10)17(15,16)11(9)5-7;1-8(2,3)7-9(4,5)6;;;/h1-14H;1-8H,9H2;1-6H;1-6H3;2*1H4;/q;;;-1;;;+1. The van der Waals surface area contributed by atoms with Crippen LogP contribution in [-0.4, -0.2) is 24.9 Å². The quantitative estimate of drug-likeness (QED) is 0.160. The van der Waals surface area contributed by atoms with Gasteiger partial charge in [-0.2, -0.15) is 0 Å². The summed E-state index contributed by atoms with van der Waals surface area (Å²) in [5.41, 5.74) is 9.79. The molecule has 1 spiro atoms. The van der Waals surface area contributed by atoms with E-state index in [0.717, 1.165) is 97.5 Å². The molecule has 8 aromatic carbocycles. The van der Waals surface area contributed by atoms with Gasteiger partial charge in [-0.1, -0.05) is 219 Å². The van der Waals surface area contributed by atoms with Gasteiger partial charge in [0, 0.05) is 46.6 Å². The maximum atomic E-state index is 12.3. The number of halogens is 4. The third-order valence-electron chi connectivity index (χ3n) is 13.0. The van der Waals surface area contributed by atoms with E-state index in [9.17, 15) is 8.42 Å². The number of rotatable bonds is 2. The zero-order valence-electron chi connectivity index (χ0n) is 42.2. The largest absolute Gasteiger partial charge is 1.00 e. The summed E-state index contributed by atoms with van der Waals surface area (Å²) in [4.78, 5) is 0.750. The van der Waals surface area contributed by atoms with Crippen molar-refractivity contribution >= 4 is 112 Å². The molecule has 1 aliphatic carbocycles. The molecule has 15 heteroatoms. The summed E-state index contributed by atoms with van der Waals surface area (Å²) in [6.07, 6.45) is 0.806. The van der Waals surface area contributed by atoms with Crippen LogP contribution in [0.4, 0.5) is 0 Å². The number of para-hydroxylation sites is 4. The van der Waals surface area contributed by atoms with Crippen LogP contribution >= 0.6 is 63.7 Å². The van der Waals surface area contributed by atoms with E-state index < -0.39 is 31.7 Å². The molecule has 0 saturated carbocycles. The first-order chi connectivity index (χ1) is 35.3. The molecule has 0 unspecified atom stereocenters. The summed E-state index contributed by atoms with van der Waals surface area (Å²) >= 11 is 14.0. The number of fused-ring (bicyclic) bond motifs is 18. The molecule has 0 saturated heterocycles. The van der Waals surface area contributed by atoms with E-state index in [4.69, 9.17) is 23.0 Å². The van der Waals surface area contributed by atoms with E-state index in [1.165, 1.54) is 27.8 Å². The third-order valence-corrected chi connectivity index (χ3v) is 22.2. The Bertz CT molecular complexity index is 3880. The van der Waals surface area contributed by atoms with Gasteiger partial charge < -0.3 is 23.0 Å². The Morgan fingerprint density at radius 3 is 1.44 bits per heavy atom. The maximum absolute atomic E-state index is 12.3. The summed E-state index contributed by atoms with van der Waals surface area (Å²) in [5.74, 6) is 5.23. The molecule has 3 aliphatic heterocycles. The van der Waals surface area contributed by atoms with Crippen LogP contribution < -0.4 is 60.9 Å². The van der Waals surface area contributed by atoms with Crippen LogP contribution in [0.5, 0.6) is 23.0 Å². The number of sulfone groups is 1. The minimum atomic E-state index is -3.37. The summed E-state index contributed by atoms with van der Waals surface area (Å²) in [5, 5.41) is 2.04. The summed E-state index contributed by atoms with van der Waals surface area (Å²) in [6.45, 7) is 13.8. The fourth-order valence-corrected chi connectivity index (χ4v) is 22.1. The van der Waals surface area contributed by atoms with E-state index >= 15 is 0 Å². The Morgan fingerprint density at radius 1 is 0.481 bits per heavy atom. The molecular formula is C62H56Br4KNO6SSi2. The fourth-order valence-electron chi connectivity index (χ4n) is 10.6. The zero-order chi connectivity index (χ0) is 51.9. The average molecular weight is 1360 g/mol. The number of hydrogen-bond donors (Lipinski definition) is 0. The molecule has 388 valence electrons. The minimum absolute atomic E-state index is 0. The first-order valence-corrected chi connectivity index (χ1v) is 35.6. The van der Waals surface area contributed by atoms with Gasteiger partial charge in [0.2, 0.25) is 9.84 Å². The molecule has 5 heterocycles. The Labute approximate surface area is 530 Å². The van der Waals surface area contributed by atoms with Gasteiger partial charge in [0.25, 0.3) is 0 Å². The van der Waals surface area contributed by atoms with Crippen molar-refractivity contribution in [2.45, 2.75) is 75.8 Å². The zero-order valence-corrected chi connectivity index (χ0v) is 54.5. The fraction of sp³-hybridized carbons (Fsp3) is 0.161. The Kier molecular flexibility index (Phi) is 17.8. The van der Waals surface area contributed by atoms with E-state index in [2.05, 4.69) is 170 Å². The van der Waals surface area contributed by atoms with Gasteiger partial charge >= 0.3 is 51.4 Å². The van der Waals surface area contributed by atoms with Gasteiger partial charge in [0.15, 0.2) is 23.0 Å². The molecule has 0 radical (unpaired) electrons. The van der Waals surface area contributed by atoms with Crippen molar-refractivity contribution in [3.63, 3.8) is 0 Å². The van der Waals surface area contributed by atoms with E-state index in [-0.39, 0.29) is 66.2 Å².